The Bertz CT molecular complexity index is 530. The van der Waals surface area contributed by atoms with Crippen molar-refractivity contribution in [1.82, 2.24) is 25.2 Å². The molecule has 0 aliphatic carbocycles. The SMILES string of the molecule is CC(C)n1ncc(-c2cn[nH]n2)c1CCC(=O)O. The monoisotopic (exact) mass is 249 g/mol. The van der Waals surface area contributed by atoms with Gasteiger partial charge in [0.2, 0.25) is 0 Å². The van der Waals surface area contributed by atoms with E-state index in [-0.39, 0.29) is 12.5 Å². The molecule has 0 amide bonds. The van der Waals surface area contributed by atoms with E-state index in [2.05, 4.69) is 20.5 Å². The summed E-state index contributed by atoms with van der Waals surface area (Å²) in [4.78, 5) is 10.7. The average Bonchev–Trinajstić information content (AvgIpc) is 2.94. The molecule has 0 fully saturated rings. The summed E-state index contributed by atoms with van der Waals surface area (Å²) in [6, 6.07) is 0.175. The first-order chi connectivity index (χ1) is 8.59. The first kappa shape index (κ1) is 12.3. The van der Waals surface area contributed by atoms with Gasteiger partial charge in [0.25, 0.3) is 0 Å². The molecule has 0 atom stereocenters. The Balaban J connectivity index is 2.37. The molecule has 2 aromatic rings. The number of carboxylic acids is 1. The minimum Gasteiger partial charge on any atom is -0.481 e. The Hall–Kier alpha value is -2.18. The predicted molar refractivity (Wildman–Crippen MR) is 63.9 cm³/mol. The van der Waals surface area contributed by atoms with Crippen LogP contribution in [0.2, 0.25) is 0 Å². The molecule has 0 unspecified atom stereocenters. The van der Waals surface area contributed by atoms with Crippen LogP contribution in [-0.4, -0.2) is 36.3 Å². The third kappa shape index (κ3) is 2.39. The molecule has 0 aliphatic heterocycles. The van der Waals surface area contributed by atoms with E-state index in [1.54, 1.807) is 12.4 Å². The van der Waals surface area contributed by atoms with Gasteiger partial charge in [-0.15, -0.1) is 0 Å². The zero-order valence-corrected chi connectivity index (χ0v) is 10.3. The number of hydrogen-bond donors (Lipinski definition) is 2. The molecule has 2 heterocycles. The minimum absolute atomic E-state index is 0.0727. The van der Waals surface area contributed by atoms with Gasteiger partial charge in [-0.05, 0) is 13.8 Å². The van der Waals surface area contributed by atoms with E-state index in [4.69, 9.17) is 5.11 Å². The summed E-state index contributed by atoms with van der Waals surface area (Å²) in [6.45, 7) is 4.01. The second-order valence-corrected chi connectivity index (χ2v) is 4.29. The summed E-state index contributed by atoms with van der Waals surface area (Å²) in [7, 11) is 0. The molecular formula is C11H15N5O2. The molecule has 0 saturated carbocycles. The number of aromatic nitrogens is 5. The van der Waals surface area contributed by atoms with Crippen molar-refractivity contribution in [2.24, 2.45) is 0 Å². The Morgan fingerprint density at radius 1 is 1.50 bits per heavy atom. The van der Waals surface area contributed by atoms with Crippen molar-refractivity contribution in [2.45, 2.75) is 32.7 Å². The molecule has 96 valence electrons. The van der Waals surface area contributed by atoms with Crippen molar-refractivity contribution in [3.63, 3.8) is 0 Å². The third-order valence-electron chi connectivity index (χ3n) is 2.65. The molecular weight excluding hydrogens is 234 g/mol. The lowest BCUT2D eigenvalue weighted by atomic mass is 10.1. The van der Waals surface area contributed by atoms with E-state index < -0.39 is 5.97 Å². The highest BCUT2D eigenvalue weighted by atomic mass is 16.4. The fraction of sp³-hybridized carbons (Fsp3) is 0.455. The maximum Gasteiger partial charge on any atom is 0.303 e. The number of nitrogens with zero attached hydrogens (tertiary/aromatic N) is 4. The van der Waals surface area contributed by atoms with Crippen LogP contribution in [0, 0.1) is 0 Å². The summed E-state index contributed by atoms with van der Waals surface area (Å²) in [5.41, 5.74) is 2.39. The summed E-state index contributed by atoms with van der Waals surface area (Å²) in [5.74, 6) is -0.822. The maximum absolute atomic E-state index is 10.7. The van der Waals surface area contributed by atoms with Crippen LogP contribution in [0.1, 0.15) is 32.0 Å². The Morgan fingerprint density at radius 2 is 2.28 bits per heavy atom. The van der Waals surface area contributed by atoms with Gasteiger partial charge < -0.3 is 5.11 Å². The van der Waals surface area contributed by atoms with Gasteiger partial charge in [0.05, 0.1) is 18.8 Å². The molecule has 0 spiro atoms. The normalized spacial score (nSPS) is 11.1. The molecule has 7 heteroatoms. The van der Waals surface area contributed by atoms with Crippen LogP contribution in [-0.2, 0) is 11.2 Å². The topological polar surface area (TPSA) is 96.7 Å². The highest BCUT2D eigenvalue weighted by Crippen LogP contribution is 2.24. The van der Waals surface area contributed by atoms with E-state index in [0.29, 0.717) is 12.1 Å². The molecule has 18 heavy (non-hydrogen) atoms. The largest absolute Gasteiger partial charge is 0.481 e. The standard InChI is InChI=1S/C11H15N5O2/c1-7(2)16-10(3-4-11(17)18)8(5-13-16)9-6-12-15-14-9/h5-7H,3-4H2,1-2H3,(H,17,18)(H,12,14,15). The van der Waals surface area contributed by atoms with Crippen LogP contribution < -0.4 is 0 Å². The summed E-state index contributed by atoms with van der Waals surface area (Å²) < 4.78 is 1.83. The van der Waals surface area contributed by atoms with Crippen LogP contribution in [0.5, 0.6) is 0 Å². The van der Waals surface area contributed by atoms with E-state index in [1.165, 1.54) is 0 Å². The number of carboxylic acid groups (broad SMARTS) is 1. The van der Waals surface area contributed by atoms with Crippen molar-refractivity contribution >= 4 is 5.97 Å². The Kier molecular flexibility index (Phi) is 3.40. The molecule has 2 aromatic heterocycles. The lowest BCUT2D eigenvalue weighted by Crippen LogP contribution is -2.10. The van der Waals surface area contributed by atoms with Crippen molar-refractivity contribution < 1.29 is 9.90 Å². The van der Waals surface area contributed by atoms with Gasteiger partial charge >= 0.3 is 5.97 Å². The van der Waals surface area contributed by atoms with E-state index in [1.807, 2.05) is 18.5 Å². The van der Waals surface area contributed by atoms with Crippen LogP contribution in [0.3, 0.4) is 0 Å². The quantitative estimate of drug-likeness (QED) is 0.831. The summed E-state index contributed by atoms with van der Waals surface area (Å²) >= 11 is 0. The third-order valence-corrected chi connectivity index (χ3v) is 2.65. The van der Waals surface area contributed by atoms with Crippen LogP contribution in [0.25, 0.3) is 11.3 Å². The van der Waals surface area contributed by atoms with Gasteiger partial charge in [-0.1, -0.05) is 0 Å². The van der Waals surface area contributed by atoms with Gasteiger partial charge in [-0.25, -0.2) is 0 Å². The van der Waals surface area contributed by atoms with E-state index in [0.717, 1.165) is 11.3 Å². The molecule has 2 N–H and O–H groups in total. The molecule has 0 saturated heterocycles. The molecule has 0 aliphatic rings. The van der Waals surface area contributed by atoms with Gasteiger partial charge in [0.1, 0.15) is 5.69 Å². The summed E-state index contributed by atoms with van der Waals surface area (Å²) in [5, 5.41) is 23.4. The first-order valence-corrected chi connectivity index (χ1v) is 5.74. The lowest BCUT2D eigenvalue weighted by molar-refractivity contribution is -0.136. The molecule has 2 rings (SSSR count). The Morgan fingerprint density at radius 3 is 2.83 bits per heavy atom. The zero-order chi connectivity index (χ0) is 13.1. The van der Waals surface area contributed by atoms with E-state index in [9.17, 15) is 4.79 Å². The number of aliphatic carboxylic acids is 1. The molecule has 7 nitrogen and oxygen atoms in total. The van der Waals surface area contributed by atoms with Crippen LogP contribution in [0.15, 0.2) is 12.4 Å². The van der Waals surface area contributed by atoms with E-state index >= 15 is 0 Å². The van der Waals surface area contributed by atoms with Crippen molar-refractivity contribution in [3.8, 4) is 11.3 Å². The second kappa shape index (κ2) is 4.99. The average molecular weight is 249 g/mol. The highest BCUT2D eigenvalue weighted by Gasteiger charge is 2.17. The molecule has 0 radical (unpaired) electrons. The molecule has 0 bridgehead atoms. The van der Waals surface area contributed by atoms with Crippen LogP contribution in [0.4, 0.5) is 0 Å². The first-order valence-electron chi connectivity index (χ1n) is 5.74. The fourth-order valence-corrected chi connectivity index (χ4v) is 1.85. The van der Waals surface area contributed by atoms with Gasteiger partial charge in [-0.3, -0.25) is 9.48 Å². The Labute approximate surface area is 104 Å². The second-order valence-electron chi connectivity index (χ2n) is 4.29. The number of aromatic amines is 1. The van der Waals surface area contributed by atoms with Crippen molar-refractivity contribution in [2.75, 3.05) is 0 Å². The number of H-pyrrole nitrogens is 1. The van der Waals surface area contributed by atoms with Crippen LogP contribution >= 0.6 is 0 Å². The van der Waals surface area contributed by atoms with Gasteiger partial charge in [0, 0.05) is 23.7 Å². The van der Waals surface area contributed by atoms with Crippen molar-refractivity contribution in [3.05, 3.63) is 18.1 Å². The predicted octanol–water partition coefficient (Wildman–Crippen LogP) is 1.27. The highest BCUT2D eigenvalue weighted by molar-refractivity contribution is 5.68. The summed E-state index contributed by atoms with van der Waals surface area (Å²) in [6.07, 6.45) is 3.81. The number of carbonyl (C=O) groups is 1. The van der Waals surface area contributed by atoms with Crippen molar-refractivity contribution in [1.29, 1.82) is 0 Å². The fourth-order valence-electron chi connectivity index (χ4n) is 1.85. The maximum atomic E-state index is 10.7. The zero-order valence-electron chi connectivity index (χ0n) is 10.3. The van der Waals surface area contributed by atoms with Gasteiger partial charge in [0.15, 0.2) is 0 Å². The number of rotatable bonds is 5. The minimum atomic E-state index is -0.822. The number of hydrogen-bond acceptors (Lipinski definition) is 4. The molecule has 0 aromatic carbocycles. The lowest BCUT2D eigenvalue weighted by Gasteiger charge is -2.11. The number of nitrogens with one attached hydrogen (secondary N) is 1. The van der Waals surface area contributed by atoms with Gasteiger partial charge in [-0.2, -0.15) is 20.5 Å². The smallest absolute Gasteiger partial charge is 0.303 e.